The Labute approximate surface area is 172 Å². The Hall–Kier alpha value is -3.66. The van der Waals surface area contributed by atoms with Crippen molar-refractivity contribution in [1.82, 2.24) is 9.78 Å². The van der Waals surface area contributed by atoms with Gasteiger partial charge in [0.15, 0.2) is 0 Å². The van der Waals surface area contributed by atoms with Crippen molar-refractivity contribution in [2.75, 3.05) is 5.32 Å². The van der Waals surface area contributed by atoms with Gasteiger partial charge in [0.25, 0.3) is 5.56 Å². The van der Waals surface area contributed by atoms with Crippen molar-refractivity contribution in [2.24, 2.45) is 4.99 Å². The summed E-state index contributed by atoms with van der Waals surface area (Å²) in [4.78, 5) is 39.2. The van der Waals surface area contributed by atoms with Crippen molar-refractivity contribution in [1.29, 1.82) is 0 Å². The quantitative estimate of drug-likeness (QED) is 0.444. The predicted molar refractivity (Wildman–Crippen MR) is 111 cm³/mol. The number of urea groups is 1. The number of hydrogen-bond donors (Lipinski definition) is 4. The van der Waals surface area contributed by atoms with E-state index in [1.54, 1.807) is 31.2 Å². The highest BCUT2D eigenvalue weighted by molar-refractivity contribution is 9.10. The number of carboxylic acid groups (broad SMARTS) is 1. The first-order valence-electron chi connectivity index (χ1n) is 8.25. The molecule has 1 heterocycles. The Kier molecular flexibility index (Phi) is 5.64. The molecule has 0 saturated carbocycles. The van der Waals surface area contributed by atoms with Gasteiger partial charge in [-0.2, -0.15) is 0 Å². The van der Waals surface area contributed by atoms with Crippen LogP contribution in [0.25, 0.3) is 5.69 Å². The minimum absolute atomic E-state index is 0.160. The van der Waals surface area contributed by atoms with Gasteiger partial charge in [0.2, 0.25) is 0 Å². The summed E-state index contributed by atoms with van der Waals surface area (Å²) >= 11 is 3.33. The van der Waals surface area contributed by atoms with E-state index in [2.05, 4.69) is 31.3 Å². The molecule has 0 bridgehead atoms. The number of carbonyl (C=O) groups excluding carboxylic acids is 1. The highest BCUT2D eigenvalue weighted by Gasteiger charge is 2.13. The van der Waals surface area contributed by atoms with Gasteiger partial charge in [-0.25, -0.2) is 19.3 Å². The fraction of sp³-hybridized carbons (Fsp3) is 0.0526. The average molecular weight is 459 g/mol. The Bertz CT molecular complexity index is 1180. The number of amides is 2. The number of halogens is 1. The number of nitrogens with one attached hydrogen (secondary N) is 2. The van der Waals surface area contributed by atoms with E-state index in [0.29, 0.717) is 11.4 Å². The summed E-state index contributed by atoms with van der Waals surface area (Å²) in [6.45, 7) is 1.68. The molecule has 0 unspecified atom stereocenters. The number of nitrogens with zero attached hydrogens (tertiary/aromatic N) is 2. The molecule has 0 aliphatic heterocycles. The second kappa shape index (κ2) is 8.15. The van der Waals surface area contributed by atoms with Gasteiger partial charge in [-0.1, -0.05) is 15.9 Å². The summed E-state index contributed by atoms with van der Waals surface area (Å²) in [5.74, 6) is -1.78. The number of phenols is 1. The maximum atomic E-state index is 12.6. The standard InChI is InChI=1S/C19H15BrN4O5/c1-10-15(17(26)24(23-10)13-5-2-11(20)3-6-13)9-21-19(29)22-12-4-7-14(18(27)28)16(25)8-12/h2-9,23,25H,1H3,(H,22,29)(H,27,28). The molecule has 148 valence electrons. The van der Waals surface area contributed by atoms with Crippen molar-refractivity contribution in [3.8, 4) is 11.4 Å². The minimum atomic E-state index is -1.29. The zero-order valence-electron chi connectivity index (χ0n) is 15.0. The smallest absolute Gasteiger partial charge is 0.345 e. The van der Waals surface area contributed by atoms with E-state index in [1.807, 2.05) is 0 Å². The van der Waals surface area contributed by atoms with E-state index in [4.69, 9.17) is 5.11 Å². The zero-order valence-corrected chi connectivity index (χ0v) is 16.6. The van der Waals surface area contributed by atoms with E-state index < -0.39 is 17.7 Å². The van der Waals surface area contributed by atoms with E-state index in [1.165, 1.54) is 10.7 Å². The Balaban J connectivity index is 1.78. The van der Waals surface area contributed by atoms with Crippen LogP contribution in [0.5, 0.6) is 5.75 Å². The van der Waals surface area contributed by atoms with E-state index in [-0.39, 0.29) is 22.4 Å². The largest absolute Gasteiger partial charge is 0.507 e. The summed E-state index contributed by atoms with van der Waals surface area (Å²) in [6, 6.07) is 9.88. The molecule has 0 fully saturated rings. The van der Waals surface area contributed by atoms with Gasteiger partial charge in [0.1, 0.15) is 11.3 Å². The van der Waals surface area contributed by atoms with Gasteiger partial charge in [0, 0.05) is 28.1 Å². The van der Waals surface area contributed by atoms with Crippen LogP contribution >= 0.6 is 15.9 Å². The number of carboxylic acids is 1. The molecule has 0 radical (unpaired) electrons. The molecule has 3 rings (SSSR count). The molecular weight excluding hydrogens is 444 g/mol. The number of aliphatic imine (C=N–C) groups is 1. The van der Waals surface area contributed by atoms with E-state index in [9.17, 15) is 19.5 Å². The number of aromatic carboxylic acids is 1. The Morgan fingerprint density at radius 3 is 2.52 bits per heavy atom. The van der Waals surface area contributed by atoms with E-state index in [0.717, 1.165) is 22.8 Å². The third-order valence-corrected chi connectivity index (χ3v) is 4.52. The number of aryl methyl sites for hydroxylation is 1. The first-order chi connectivity index (χ1) is 13.8. The van der Waals surface area contributed by atoms with Crippen LogP contribution in [0.2, 0.25) is 0 Å². The lowest BCUT2D eigenvalue weighted by atomic mass is 10.2. The van der Waals surface area contributed by atoms with Crippen LogP contribution in [-0.2, 0) is 0 Å². The molecular formula is C19H15BrN4O5. The molecule has 29 heavy (non-hydrogen) atoms. The molecule has 0 aliphatic rings. The molecule has 2 amide bonds. The fourth-order valence-corrected chi connectivity index (χ4v) is 2.82. The second-order valence-electron chi connectivity index (χ2n) is 5.99. The van der Waals surface area contributed by atoms with Gasteiger partial charge in [0.05, 0.1) is 11.3 Å². The molecule has 0 atom stereocenters. The molecule has 0 saturated heterocycles. The van der Waals surface area contributed by atoms with Crippen LogP contribution in [0.3, 0.4) is 0 Å². The SMILES string of the molecule is Cc1[nH]n(-c2ccc(Br)cc2)c(=O)c1C=NC(=O)Nc1ccc(C(=O)O)c(O)c1. The molecule has 9 nitrogen and oxygen atoms in total. The molecule has 1 aromatic heterocycles. The molecule has 0 aliphatic carbocycles. The summed E-state index contributed by atoms with van der Waals surface area (Å²) in [6.07, 6.45) is 1.14. The first-order valence-corrected chi connectivity index (χ1v) is 9.04. The first kappa shape index (κ1) is 20.1. The second-order valence-corrected chi connectivity index (χ2v) is 6.91. The normalized spacial score (nSPS) is 11.0. The number of aromatic amines is 1. The molecule has 0 spiro atoms. The lowest BCUT2D eigenvalue weighted by Crippen LogP contribution is -2.17. The number of hydrogen-bond acceptors (Lipinski definition) is 4. The van der Waals surface area contributed by atoms with Crippen LogP contribution < -0.4 is 10.9 Å². The van der Waals surface area contributed by atoms with Crippen molar-refractivity contribution in [2.45, 2.75) is 6.92 Å². The number of H-pyrrole nitrogens is 1. The average Bonchev–Trinajstić information content (AvgIpc) is 2.94. The van der Waals surface area contributed by atoms with E-state index >= 15 is 0 Å². The summed E-state index contributed by atoms with van der Waals surface area (Å²) in [7, 11) is 0. The highest BCUT2D eigenvalue weighted by Crippen LogP contribution is 2.22. The Morgan fingerprint density at radius 2 is 1.90 bits per heavy atom. The summed E-state index contributed by atoms with van der Waals surface area (Å²) in [5, 5.41) is 23.9. The number of aromatic hydroxyl groups is 1. The van der Waals surface area contributed by atoms with Crippen LogP contribution in [0, 0.1) is 6.92 Å². The van der Waals surface area contributed by atoms with Crippen molar-refractivity contribution < 1.29 is 19.8 Å². The summed E-state index contributed by atoms with van der Waals surface area (Å²) < 4.78 is 2.21. The van der Waals surface area contributed by atoms with Crippen LogP contribution in [0.4, 0.5) is 10.5 Å². The molecule has 2 aromatic carbocycles. The monoisotopic (exact) mass is 458 g/mol. The highest BCUT2D eigenvalue weighted by atomic mass is 79.9. The number of benzene rings is 2. The van der Waals surface area contributed by atoms with Gasteiger partial charge < -0.3 is 15.5 Å². The third kappa shape index (κ3) is 4.43. The summed E-state index contributed by atoms with van der Waals surface area (Å²) in [5.41, 5.74) is 0.866. The Morgan fingerprint density at radius 1 is 1.21 bits per heavy atom. The van der Waals surface area contributed by atoms with Crippen LogP contribution in [0.15, 0.2) is 56.7 Å². The molecule has 10 heteroatoms. The number of rotatable bonds is 4. The van der Waals surface area contributed by atoms with Gasteiger partial charge in [-0.05, 0) is 43.3 Å². The van der Waals surface area contributed by atoms with Crippen molar-refractivity contribution >= 4 is 39.8 Å². The maximum absolute atomic E-state index is 12.6. The third-order valence-electron chi connectivity index (χ3n) is 3.99. The lowest BCUT2D eigenvalue weighted by molar-refractivity contribution is 0.0693. The number of anilines is 1. The number of carbonyl (C=O) groups is 2. The van der Waals surface area contributed by atoms with Crippen LogP contribution in [0.1, 0.15) is 21.6 Å². The van der Waals surface area contributed by atoms with Gasteiger partial charge in [-0.3, -0.25) is 9.89 Å². The van der Waals surface area contributed by atoms with Gasteiger partial charge >= 0.3 is 12.0 Å². The number of aromatic nitrogens is 2. The fourth-order valence-electron chi connectivity index (χ4n) is 2.55. The molecule has 3 aromatic rings. The molecule has 4 N–H and O–H groups in total. The zero-order chi connectivity index (χ0) is 21.1. The lowest BCUT2D eigenvalue weighted by Gasteiger charge is -2.04. The minimum Gasteiger partial charge on any atom is -0.507 e. The maximum Gasteiger partial charge on any atom is 0.345 e. The predicted octanol–water partition coefficient (Wildman–Crippen LogP) is 3.29. The van der Waals surface area contributed by atoms with Crippen molar-refractivity contribution in [3.05, 3.63) is 74.1 Å². The van der Waals surface area contributed by atoms with Crippen LogP contribution in [-0.4, -0.2) is 38.2 Å². The van der Waals surface area contributed by atoms with Gasteiger partial charge in [-0.15, -0.1) is 0 Å². The van der Waals surface area contributed by atoms with Crippen molar-refractivity contribution in [3.63, 3.8) is 0 Å². The topological polar surface area (TPSA) is 137 Å².